The zero-order valence-corrected chi connectivity index (χ0v) is 18.3. The molecule has 0 radical (unpaired) electrons. The normalized spacial score (nSPS) is 11.2. The summed E-state index contributed by atoms with van der Waals surface area (Å²) in [5, 5.41) is 0. The van der Waals surface area contributed by atoms with Crippen LogP contribution in [0.2, 0.25) is 0 Å². The second-order valence-corrected chi connectivity index (χ2v) is 7.10. The Kier molecular flexibility index (Phi) is 6.27. The third kappa shape index (κ3) is 3.97. The van der Waals surface area contributed by atoms with Crippen LogP contribution in [0, 0.1) is 23.5 Å². The van der Waals surface area contributed by atoms with Gasteiger partial charge in [-0.25, -0.2) is 4.39 Å². The molecule has 4 aromatic rings. The van der Waals surface area contributed by atoms with Gasteiger partial charge in [0, 0.05) is 11.1 Å². The molecule has 0 atom stereocenters. The van der Waals surface area contributed by atoms with Gasteiger partial charge in [-0.05, 0) is 23.9 Å². The van der Waals surface area contributed by atoms with Crippen LogP contribution in [-0.4, -0.2) is 9.97 Å². The molecule has 0 amide bonds. The van der Waals surface area contributed by atoms with E-state index >= 15 is 0 Å². The van der Waals surface area contributed by atoms with Crippen molar-refractivity contribution in [1.82, 2.24) is 15.0 Å². The molecule has 3 heterocycles. The van der Waals surface area contributed by atoms with E-state index in [0.717, 1.165) is 17.5 Å². The number of benzene rings is 1. The van der Waals surface area contributed by atoms with Crippen molar-refractivity contribution in [3.8, 4) is 22.6 Å². The molecule has 0 fully saturated rings. The summed E-state index contributed by atoms with van der Waals surface area (Å²) in [6.07, 6.45) is 1.73. The van der Waals surface area contributed by atoms with E-state index in [4.69, 9.17) is 4.98 Å². The van der Waals surface area contributed by atoms with Gasteiger partial charge >= 0.3 is 21.1 Å². The minimum atomic E-state index is -1.55. The standard InChI is InChI=1S/C23H16F3N3.Pt/c1-23(2,19-10-5-13-27-19)20-9-4-8-18(29-20)17-7-3-6-16(28-17)14-11-12-15(24)22(26)21(14)25;/h3-10,12-13H,1-2H3;/q-2;+2. The Morgan fingerprint density at radius 1 is 0.833 bits per heavy atom. The fourth-order valence-corrected chi connectivity index (χ4v) is 3.11. The number of hydrogen-bond donors (Lipinski definition) is 0. The van der Waals surface area contributed by atoms with Crippen LogP contribution in [0.1, 0.15) is 25.2 Å². The molecule has 7 heteroatoms. The van der Waals surface area contributed by atoms with E-state index in [1.807, 2.05) is 38.1 Å². The van der Waals surface area contributed by atoms with Crippen molar-refractivity contribution in [1.29, 1.82) is 0 Å². The van der Waals surface area contributed by atoms with Crippen LogP contribution >= 0.6 is 0 Å². The average molecular weight is 586 g/mol. The molecule has 0 spiro atoms. The van der Waals surface area contributed by atoms with Crippen molar-refractivity contribution in [2.24, 2.45) is 0 Å². The molecule has 3 aromatic heterocycles. The van der Waals surface area contributed by atoms with Gasteiger partial charge in [0.1, 0.15) is 5.82 Å². The largest absolute Gasteiger partial charge is 2.00 e. The molecule has 0 aliphatic rings. The molecule has 3 nitrogen and oxygen atoms in total. The van der Waals surface area contributed by atoms with Gasteiger partial charge in [-0.1, -0.05) is 49.7 Å². The molecule has 0 aliphatic carbocycles. The predicted octanol–water partition coefficient (Wildman–Crippen LogP) is 5.31. The fraction of sp³-hybridized carbons (Fsp3) is 0.130. The molecule has 4 rings (SSSR count). The Bertz CT molecular complexity index is 1170. The van der Waals surface area contributed by atoms with E-state index in [0.29, 0.717) is 11.4 Å². The van der Waals surface area contributed by atoms with Gasteiger partial charge in [-0.3, -0.25) is 18.7 Å². The quantitative estimate of drug-likeness (QED) is 0.241. The SMILES string of the molecule is CC(C)(c1cccc(-c2cccc(-c3[c-]cc(F)c(F)c3F)n2)n1)c1ccc[n-]1.[Pt+2]. The molecule has 0 unspecified atom stereocenters. The first-order valence-electron chi connectivity index (χ1n) is 8.96. The summed E-state index contributed by atoms with van der Waals surface area (Å²) in [6.45, 7) is 4.05. The first-order valence-corrected chi connectivity index (χ1v) is 8.96. The van der Waals surface area contributed by atoms with Crippen LogP contribution in [0.25, 0.3) is 22.6 Å². The molecule has 154 valence electrons. The molecule has 0 saturated carbocycles. The Morgan fingerprint density at radius 3 is 2.20 bits per heavy atom. The zero-order valence-electron chi connectivity index (χ0n) is 16.1. The molecule has 1 aromatic carbocycles. The van der Waals surface area contributed by atoms with E-state index in [2.05, 4.69) is 16.0 Å². The molecule has 30 heavy (non-hydrogen) atoms. The average Bonchev–Trinajstić information content (AvgIpc) is 3.28. The summed E-state index contributed by atoms with van der Waals surface area (Å²) >= 11 is 0. The smallest absolute Gasteiger partial charge is 0.667 e. The number of nitrogens with zero attached hydrogens (tertiary/aromatic N) is 3. The summed E-state index contributed by atoms with van der Waals surface area (Å²) in [4.78, 5) is 13.5. The number of pyridine rings is 2. The van der Waals surface area contributed by atoms with Crippen molar-refractivity contribution < 1.29 is 34.2 Å². The van der Waals surface area contributed by atoms with Gasteiger partial charge in [0.25, 0.3) is 0 Å². The summed E-state index contributed by atoms with van der Waals surface area (Å²) in [6, 6.07) is 17.4. The molecular formula is C23H16F3N3Pt. The van der Waals surface area contributed by atoms with Crippen LogP contribution in [0.3, 0.4) is 0 Å². The van der Waals surface area contributed by atoms with Crippen molar-refractivity contribution in [2.75, 3.05) is 0 Å². The maximum Gasteiger partial charge on any atom is 2.00 e. The van der Waals surface area contributed by atoms with Crippen LogP contribution in [0.5, 0.6) is 0 Å². The molecule has 0 N–H and O–H groups in total. The Morgan fingerprint density at radius 2 is 1.50 bits per heavy atom. The van der Waals surface area contributed by atoms with E-state index in [9.17, 15) is 13.2 Å². The maximum absolute atomic E-state index is 14.2. The Hall–Kier alpha value is -2.72. The first-order chi connectivity index (χ1) is 13.9. The van der Waals surface area contributed by atoms with Gasteiger partial charge in [-0.2, -0.15) is 6.20 Å². The monoisotopic (exact) mass is 586 g/mol. The van der Waals surface area contributed by atoms with Gasteiger partial charge in [-0.15, -0.1) is 17.8 Å². The van der Waals surface area contributed by atoms with E-state index in [1.54, 1.807) is 24.4 Å². The third-order valence-corrected chi connectivity index (χ3v) is 4.82. The minimum Gasteiger partial charge on any atom is -0.667 e. The fourth-order valence-electron chi connectivity index (χ4n) is 3.11. The topological polar surface area (TPSA) is 39.9 Å². The Balaban J connectivity index is 0.00000256. The number of aromatic nitrogens is 3. The van der Waals surface area contributed by atoms with Crippen molar-refractivity contribution in [3.63, 3.8) is 0 Å². The van der Waals surface area contributed by atoms with Gasteiger partial charge < -0.3 is 4.98 Å². The van der Waals surface area contributed by atoms with E-state index < -0.39 is 22.9 Å². The molecular weight excluding hydrogens is 570 g/mol. The number of halogens is 3. The van der Waals surface area contributed by atoms with Crippen LogP contribution in [0.15, 0.2) is 60.8 Å². The summed E-state index contributed by atoms with van der Waals surface area (Å²) in [5.74, 6) is -4.16. The Labute approximate surface area is 186 Å². The van der Waals surface area contributed by atoms with Crippen molar-refractivity contribution >= 4 is 0 Å². The van der Waals surface area contributed by atoms with Crippen LogP contribution in [0.4, 0.5) is 13.2 Å². The third-order valence-electron chi connectivity index (χ3n) is 4.82. The van der Waals surface area contributed by atoms with Gasteiger partial charge in [0.2, 0.25) is 0 Å². The van der Waals surface area contributed by atoms with Crippen LogP contribution < -0.4 is 4.98 Å². The predicted molar refractivity (Wildman–Crippen MR) is 104 cm³/mol. The zero-order chi connectivity index (χ0) is 20.6. The number of hydrogen-bond acceptors (Lipinski definition) is 2. The molecule has 0 bridgehead atoms. The van der Waals surface area contributed by atoms with Crippen molar-refractivity contribution in [3.05, 3.63) is 95.7 Å². The second-order valence-electron chi connectivity index (χ2n) is 7.10. The summed E-state index contributed by atoms with van der Waals surface area (Å²) in [7, 11) is 0. The summed E-state index contributed by atoms with van der Waals surface area (Å²) < 4.78 is 41.0. The summed E-state index contributed by atoms with van der Waals surface area (Å²) in [5.41, 5.74) is 2.23. The second kappa shape index (κ2) is 8.56. The molecule has 0 aliphatic heterocycles. The van der Waals surface area contributed by atoms with E-state index in [-0.39, 0.29) is 32.3 Å². The van der Waals surface area contributed by atoms with Crippen LogP contribution in [-0.2, 0) is 26.5 Å². The van der Waals surface area contributed by atoms with E-state index in [1.165, 1.54) is 6.07 Å². The molecule has 0 saturated heterocycles. The van der Waals surface area contributed by atoms with Gasteiger partial charge in [0.15, 0.2) is 0 Å². The van der Waals surface area contributed by atoms with Gasteiger partial charge in [0.05, 0.1) is 23.0 Å². The first kappa shape index (κ1) is 22.0. The van der Waals surface area contributed by atoms with Crippen molar-refractivity contribution in [2.45, 2.75) is 19.3 Å². The number of rotatable bonds is 4. The maximum atomic E-state index is 14.2. The minimum absolute atomic E-state index is 0.